The molecule has 0 aliphatic carbocycles. The van der Waals surface area contributed by atoms with Gasteiger partial charge >= 0.3 is 0 Å². The molecule has 0 saturated heterocycles. The molecule has 0 aromatic carbocycles. The first-order chi connectivity index (χ1) is 6.41. The Balaban J connectivity index is 2.76. The fourth-order valence-corrected chi connectivity index (χ4v) is 1.26. The molecule has 0 heterocycles. The summed E-state index contributed by atoms with van der Waals surface area (Å²) in [4.78, 5) is 0. The van der Waals surface area contributed by atoms with Crippen LogP contribution in [0.1, 0.15) is 51.9 Å². The molecule has 0 aliphatic rings. The summed E-state index contributed by atoms with van der Waals surface area (Å²) in [7, 11) is 0. The Morgan fingerprint density at radius 2 is 1.46 bits per heavy atom. The fraction of sp³-hybridized carbons (Fsp3) is 1.00. The maximum atomic E-state index is 5.48. The van der Waals surface area contributed by atoms with Crippen LogP contribution in [0.4, 0.5) is 0 Å². The molecule has 0 atom stereocenters. The molecule has 0 rings (SSSR count). The van der Waals surface area contributed by atoms with Crippen LogP contribution < -0.4 is 5.73 Å². The van der Waals surface area contributed by atoms with E-state index in [1.165, 1.54) is 38.5 Å². The average Bonchev–Trinajstić information content (AvgIpc) is 2.16. The smallest absolute Gasteiger partial charge is 0.0466 e. The maximum absolute atomic E-state index is 5.48. The Morgan fingerprint density at radius 3 is 2.08 bits per heavy atom. The monoisotopic (exact) mass is 187 g/mol. The second kappa shape index (κ2) is 11.9. The number of unbranched alkanes of at least 4 members (excludes halogenated alkanes) is 5. The molecular formula is C11H25NO. The second-order valence-corrected chi connectivity index (χ2v) is 3.52. The van der Waals surface area contributed by atoms with Crippen LogP contribution in [0.5, 0.6) is 0 Å². The van der Waals surface area contributed by atoms with E-state index in [1.54, 1.807) is 0 Å². The summed E-state index contributed by atoms with van der Waals surface area (Å²) in [5, 5.41) is 0. The van der Waals surface area contributed by atoms with Crippen LogP contribution in [0.2, 0.25) is 0 Å². The van der Waals surface area contributed by atoms with Gasteiger partial charge in [-0.25, -0.2) is 0 Å². The van der Waals surface area contributed by atoms with E-state index in [9.17, 15) is 0 Å². The molecule has 0 unspecified atom stereocenters. The van der Waals surface area contributed by atoms with Crippen molar-refractivity contribution < 1.29 is 4.74 Å². The molecule has 0 fully saturated rings. The van der Waals surface area contributed by atoms with Crippen LogP contribution in [-0.4, -0.2) is 19.8 Å². The molecule has 0 radical (unpaired) electrons. The highest BCUT2D eigenvalue weighted by atomic mass is 16.5. The van der Waals surface area contributed by atoms with E-state index >= 15 is 0 Å². The quantitative estimate of drug-likeness (QED) is 0.534. The van der Waals surface area contributed by atoms with Crippen LogP contribution in [0.3, 0.4) is 0 Å². The Hall–Kier alpha value is -0.0800. The minimum Gasteiger partial charge on any atom is -0.381 e. The number of nitrogens with two attached hydrogens (primary N) is 1. The van der Waals surface area contributed by atoms with Gasteiger partial charge in [-0.05, 0) is 25.8 Å². The summed E-state index contributed by atoms with van der Waals surface area (Å²) < 4.78 is 5.48. The standard InChI is InChI=1S/C11H25NO/c1-2-3-7-10-13-11-8-5-4-6-9-12/h2-12H2,1H3. The molecule has 2 N–H and O–H groups in total. The van der Waals surface area contributed by atoms with Gasteiger partial charge < -0.3 is 10.5 Å². The molecule has 0 aromatic rings. The zero-order valence-corrected chi connectivity index (χ0v) is 9.06. The summed E-state index contributed by atoms with van der Waals surface area (Å²) in [5.74, 6) is 0. The molecule has 0 saturated carbocycles. The van der Waals surface area contributed by atoms with E-state index in [0.29, 0.717) is 0 Å². The van der Waals surface area contributed by atoms with E-state index in [0.717, 1.165) is 26.2 Å². The van der Waals surface area contributed by atoms with E-state index in [2.05, 4.69) is 6.92 Å². The zero-order valence-electron chi connectivity index (χ0n) is 9.06. The van der Waals surface area contributed by atoms with Crippen molar-refractivity contribution in [2.75, 3.05) is 19.8 Å². The van der Waals surface area contributed by atoms with Gasteiger partial charge in [0.05, 0.1) is 0 Å². The molecular weight excluding hydrogens is 162 g/mol. The molecule has 0 bridgehead atoms. The molecule has 13 heavy (non-hydrogen) atoms. The summed E-state index contributed by atoms with van der Waals surface area (Å²) >= 11 is 0. The molecule has 2 heteroatoms. The summed E-state index contributed by atoms with van der Waals surface area (Å²) in [6, 6.07) is 0. The minimum atomic E-state index is 0.831. The third-order valence-electron chi connectivity index (χ3n) is 2.14. The highest BCUT2D eigenvalue weighted by Gasteiger charge is 1.90. The summed E-state index contributed by atoms with van der Waals surface area (Å²) in [6.45, 7) is 4.93. The lowest BCUT2D eigenvalue weighted by Crippen LogP contribution is -1.99. The van der Waals surface area contributed by atoms with Crippen molar-refractivity contribution in [1.29, 1.82) is 0 Å². The van der Waals surface area contributed by atoms with Crippen LogP contribution >= 0.6 is 0 Å². The van der Waals surface area contributed by atoms with Crippen LogP contribution in [0, 0.1) is 0 Å². The van der Waals surface area contributed by atoms with E-state index in [4.69, 9.17) is 10.5 Å². The fourth-order valence-electron chi connectivity index (χ4n) is 1.26. The van der Waals surface area contributed by atoms with Crippen molar-refractivity contribution in [2.45, 2.75) is 51.9 Å². The first kappa shape index (κ1) is 12.9. The lowest BCUT2D eigenvalue weighted by Gasteiger charge is -2.03. The van der Waals surface area contributed by atoms with Crippen molar-refractivity contribution in [3.63, 3.8) is 0 Å². The number of hydrogen-bond acceptors (Lipinski definition) is 2. The van der Waals surface area contributed by atoms with Gasteiger partial charge in [-0.2, -0.15) is 0 Å². The molecule has 0 aromatic heterocycles. The zero-order chi connectivity index (χ0) is 9.78. The topological polar surface area (TPSA) is 35.2 Å². The van der Waals surface area contributed by atoms with Gasteiger partial charge in [0.15, 0.2) is 0 Å². The van der Waals surface area contributed by atoms with E-state index in [1.807, 2.05) is 0 Å². The van der Waals surface area contributed by atoms with Crippen molar-refractivity contribution in [3.8, 4) is 0 Å². The summed E-state index contributed by atoms with van der Waals surface area (Å²) in [5.41, 5.74) is 5.39. The van der Waals surface area contributed by atoms with E-state index < -0.39 is 0 Å². The Bertz CT molecular complexity index is 76.2. The number of ether oxygens (including phenoxy) is 1. The van der Waals surface area contributed by atoms with Gasteiger partial charge in [0.2, 0.25) is 0 Å². The first-order valence-electron chi connectivity index (χ1n) is 5.69. The Kier molecular flexibility index (Phi) is 11.8. The third kappa shape index (κ3) is 11.9. The van der Waals surface area contributed by atoms with Crippen molar-refractivity contribution in [3.05, 3.63) is 0 Å². The first-order valence-corrected chi connectivity index (χ1v) is 5.69. The van der Waals surface area contributed by atoms with Gasteiger partial charge in [-0.1, -0.05) is 32.6 Å². The molecule has 80 valence electrons. The Morgan fingerprint density at radius 1 is 0.846 bits per heavy atom. The van der Waals surface area contributed by atoms with Gasteiger partial charge in [0, 0.05) is 13.2 Å². The minimum absolute atomic E-state index is 0.831. The number of rotatable bonds is 10. The van der Waals surface area contributed by atoms with Gasteiger partial charge in [0.25, 0.3) is 0 Å². The lowest BCUT2D eigenvalue weighted by molar-refractivity contribution is 0.126. The van der Waals surface area contributed by atoms with Gasteiger partial charge in [0.1, 0.15) is 0 Å². The van der Waals surface area contributed by atoms with Crippen molar-refractivity contribution in [2.24, 2.45) is 5.73 Å². The Labute approximate surface area is 82.8 Å². The molecule has 0 spiro atoms. The SMILES string of the molecule is CCCCCOCCCCCCN. The second-order valence-electron chi connectivity index (χ2n) is 3.52. The number of hydrogen-bond donors (Lipinski definition) is 1. The van der Waals surface area contributed by atoms with Gasteiger partial charge in [-0.15, -0.1) is 0 Å². The molecule has 2 nitrogen and oxygen atoms in total. The van der Waals surface area contributed by atoms with Crippen LogP contribution in [0.15, 0.2) is 0 Å². The molecule has 0 amide bonds. The van der Waals surface area contributed by atoms with Crippen molar-refractivity contribution in [1.82, 2.24) is 0 Å². The highest BCUT2D eigenvalue weighted by Crippen LogP contribution is 2.00. The highest BCUT2D eigenvalue weighted by molar-refractivity contribution is 4.43. The normalized spacial score (nSPS) is 10.6. The lowest BCUT2D eigenvalue weighted by atomic mass is 10.2. The van der Waals surface area contributed by atoms with Crippen LogP contribution in [0.25, 0.3) is 0 Å². The average molecular weight is 187 g/mol. The van der Waals surface area contributed by atoms with Crippen LogP contribution in [-0.2, 0) is 4.74 Å². The summed E-state index contributed by atoms with van der Waals surface area (Å²) in [6.07, 6.45) is 8.69. The predicted octanol–water partition coefficient (Wildman–Crippen LogP) is 2.71. The largest absolute Gasteiger partial charge is 0.381 e. The van der Waals surface area contributed by atoms with Gasteiger partial charge in [-0.3, -0.25) is 0 Å². The maximum Gasteiger partial charge on any atom is 0.0466 e. The van der Waals surface area contributed by atoms with E-state index in [-0.39, 0.29) is 0 Å². The third-order valence-corrected chi connectivity index (χ3v) is 2.14. The molecule has 0 aliphatic heterocycles. The van der Waals surface area contributed by atoms with Crippen molar-refractivity contribution >= 4 is 0 Å². The predicted molar refractivity (Wildman–Crippen MR) is 57.9 cm³/mol.